The van der Waals surface area contributed by atoms with Gasteiger partial charge in [0.2, 0.25) is 0 Å². The fourth-order valence-electron chi connectivity index (χ4n) is 2.71. The molecule has 0 bridgehead atoms. The third kappa shape index (κ3) is 3.19. The van der Waals surface area contributed by atoms with Crippen molar-refractivity contribution in [3.63, 3.8) is 0 Å². The molecule has 16 heavy (non-hydrogen) atoms. The third-order valence-corrected chi connectivity index (χ3v) is 4.54. The van der Waals surface area contributed by atoms with Crippen LogP contribution in [0.1, 0.15) is 46.0 Å². The van der Waals surface area contributed by atoms with Crippen molar-refractivity contribution in [3.05, 3.63) is 0 Å². The molecule has 0 aromatic carbocycles. The number of hydrogen-bond acceptors (Lipinski definition) is 3. The van der Waals surface area contributed by atoms with E-state index < -0.39 is 0 Å². The van der Waals surface area contributed by atoms with Gasteiger partial charge in [0.15, 0.2) is 0 Å². The van der Waals surface area contributed by atoms with Gasteiger partial charge in [-0.2, -0.15) is 0 Å². The molecule has 0 aromatic rings. The van der Waals surface area contributed by atoms with Gasteiger partial charge in [-0.25, -0.2) is 0 Å². The first-order valence-electron chi connectivity index (χ1n) is 6.75. The van der Waals surface area contributed by atoms with Gasteiger partial charge in [0.05, 0.1) is 0 Å². The lowest BCUT2D eigenvalue weighted by Crippen LogP contribution is -2.44. The Kier molecular flexibility index (Phi) is 5.73. The molecule has 96 valence electrons. The van der Waals surface area contributed by atoms with Gasteiger partial charge in [-0.05, 0) is 38.1 Å². The lowest BCUT2D eigenvalue weighted by Gasteiger charge is -2.32. The van der Waals surface area contributed by atoms with E-state index in [-0.39, 0.29) is 12.0 Å². The number of nitrogens with two attached hydrogens (primary N) is 1. The van der Waals surface area contributed by atoms with Gasteiger partial charge in [-0.15, -0.1) is 0 Å². The largest absolute Gasteiger partial charge is 0.396 e. The monoisotopic (exact) mass is 228 g/mol. The average Bonchev–Trinajstić information content (AvgIpc) is 2.79. The van der Waals surface area contributed by atoms with E-state index in [1.165, 1.54) is 19.3 Å². The van der Waals surface area contributed by atoms with E-state index in [1.54, 1.807) is 0 Å². The average molecular weight is 228 g/mol. The van der Waals surface area contributed by atoms with Crippen LogP contribution in [-0.4, -0.2) is 30.8 Å². The molecule has 2 unspecified atom stereocenters. The van der Waals surface area contributed by atoms with Gasteiger partial charge < -0.3 is 16.2 Å². The fraction of sp³-hybridized carbons (Fsp3) is 1.00. The molecule has 1 aliphatic rings. The second kappa shape index (κ2) is 6.58. The molecule has 1 aliphatic carbocycles. The van der Waals surface area contributed by atoms with Crippen molar-refractivity contribution >= 4 is 0 Å². The summed E-state index contributed by atoms with van der Waals surface area (Å²) in [6.07, 6.45) is 5.87. The molecule has 2 atom stereocenters. The quantitative estimate of drug-likeness (QED) is 0.619. The second-order valence-corrected chi connectivity index (χ2v) is 5.28. The number of hydrogen-bond donors (Lipinski definition) is 3. The van der Waals surface area contributed by atoms with Crippen molar-refractivity contribution < 1.29 is 5.11 Å². The summed E-state index contributed by atoms with van der Waals surface area (Å²) < 4.78 is 0. The summed E-state index contributed by atoms with van der Waals surface area (Å²) in [6.45, 7) is 6.33. The Bertz CT molecular complexity index is 184. The maximum atomic E-state index is 9.51. The maximum Gasteiger partial charge on any atom is 0.0499 e. The van der Waals surface area contributed by atoms with E-state index in [9.17, 15) is 5.11 Å². The molecular formula is C13H28N2O. The summed E-state index contributed by atoms with van der Waals surface area (Å²) in [6, 6.07) is 0.578. The van der Waals surface area contributed by atoms with Crippen LogP contribution in [-0.2, 0) is 0 Å². The number of rotatable bonds is 7. The van der Waals surface area contributed by atoms with Crippen LogP contribution >= 0.6 is 0 Å². The van der Waals surface area contributed by atoms with Gasteiger partial charge in [-0.1, -0.05) is 20.3 Å². The summed E-state index contributed by atoms with van der Waals surface area (Å²) in [5.41, 5.74) is 5.84. The third-order valence-electron chi connectivity index (χ3n) is 4.54. The van der Waals surface area contributed by atoms with Crippen LogP contribution in [0.5, 0.6) is 0 Å². The van der Waals surface area contributed by atoms with Gasteiger partial charge in [-0.3, -0.25) is 0 Å². The molecule has 4 N–H and O–H groups in total. The highest BCUT2D eigenvalue weighted by molar-refractivity contribution is 4.87. The predicted octanol–water partition coefficient (Wildman–Crippen LogP) is 1.50. The first-order chi connectivity index (χ1) is 7.71. The minimum absolute atomic E-state index is 0.0712. The van der Waals surface area contributed by atoms with Crippen LogP contribution in [0.15, 0.2) is 0 Å². The molecular weight excluding hydrogens is 200 g/mol. The van der Waals surface area contributed by atoms with Gasteiger partial charge in [0.1, 0.15) is 0 Å². The summed E-state index contributed by atoms with van der Waals surface area (Å²) in [7, 11) is 0. The van der Waals surface area contributed by atoms with Gasteiger partial charge in [0.25, 0.3) is 0 Å². The molecule has 1 fully saturated rings. The van der Waals surface area contributed by atoms with Gasteiger partial charge >= 0.3 is 0 Å². The fourth-order valence-corrected chi connectivity index (χ4v) is 2.71. The van der Waals surface area contributed by atoms with Crippen molar-refractivity contribution in [3.8, 4) is 0 Å². The molecule has 0 aliphatic heterocycles. The van der Waals surface area contributed by atoms with E-state index in [4.69, 9.17) is 5.73 Å². The number of nitrogens with one attached hydrogen (secondary N) is 1. The molecule has 0 radical (unpaired) electrons. The summed E-state index contributed by atoms with van der Waals surface area (Å²) in [4.78, 5) is 0. The van der Waals surface area contributed by atoms with Crippen LogP contribution < -0.4 is 11.1 Å². The van der Waals surface area contributed by atoms with E-state index in [0.29, 0.717) is 12.0 Å². The summed E-state index contributed by atoms with van der Waals surface area (Å²) in [5, 5.41) is 13.1. The summed E-state index contributed by atoms with van der Waals surface area (Å²) >= 11 is 0. The standard InChI is InChI=1S/C13H28N2O/c1-3-13(4-2,10-16)9-15-12-7-5-6-11(12)8-14/h11-12,15-16H,3-10,14H2,1-2H3. The zero-order chi connectivity index (χ0) is 12.0. The first-order valence-corrected chi connectivity index (χ1v) is 6.75. The smallest absolute Gasteiger partial charge is 0.0499 e. The van der Waals surface area contributed by atoms with Crippen molar-refractivity contribution in [2.75, 3.05) is 19.7 Å². The van der Waals surface area contributed by atoms with Crippen LogP contribution in [0.3, 0.4) is 0 Å². The Morgan fingerprint density at radius 3 is 2.50 bits per heavy atom. The minimum Gasteiger partial charge on any atom is -0.396 e. The highest BCUT2D eigenvalue weighted by atomic mass is 16.3. The predicted molar refractivity (Wildman–Crippen MR) is 68.3 cm³/mol. The lowest BCUT2D eigenvalue weighted by molar-refractivity contribution is 0.108. The van der Waals surface area contributed by atoms with Crippen molar-refractivity contribution in [1.82, 2.24) is 5.32 Å². The lowest BCUT2D eigenvalue weighted by atomic mass is 9.83. The van der Waals surface area contributed by atoms with Crippen molar-refractivity contribution in [1.29, 1.82) is 0 Å². The zero-order valence-corrected chi connectivity index (χ0v) is 10.8. The minimum atomic E-state index is 0.0712. The number of aliphatic hydroxyl groups is 1. The molecule has 0 amide bonds. The summed E-state index contributed by atoms with van der Waals surface area (Å²) in [5.74, 6) is 0.644. The molecule has 1 rings (SSSR count). The van der Waals surface area contributed by atoms with Crippen molar-refractivity contribution in [2.24, 2.45) is 17.1 Å². The Hall–Kier alpha value is -0.120. The zero-order valence-electron chi connectivity index (χ0n) is 10.8. The first kappa shape index (κ1) is 13.9. The molecule has 0 heterocycles. The molecule has 0 saturated heterocycles. The number of aliphatic hydroxyl groups excluding tert-OH is 1. The van der Waals surface area contributed by atoms with E-state index in [2.05, 4.69) is 19.2 Å². The SMILES string of the molecule is CCC(CC)(CO)CNC1CCCC1CN. The van der Waals surface area contributed by atoms with E-state index >= 15 is 0 Å². The van der Waals surface area contributed by atoms with Crippen LogP contribution in [0.2, 0.25) is 0 Å². The second-order valence-electron chi connectivity index (χ2n) is 5.28. The molecule has 0 spiro atoms. The normalized spacial score (nSPS) is 26.2. The Labute approximate surface area is 99.8 Å². The van der Waals surface area contributed by atoms with Crippen LogP contribution in [0.25, 0.3) is 0 Å². The van der Waals surface area contributed by atoms with Crippen molar-refractivity contribution in [2.45, 2.75) is 52.0 Å². The van der Waals surface area contributed by atoms with E-state index in [1.807, 2.05) is 0 Å². The Balaban J connectivity index is 2.42. The van der Waals surface area contributed by atoms with E-state index in [0.717, 1.165) is 25.9 Å². The Morgan fingerprint density at radius 1 is 1.31 bits per heavy atom. The molecule has 3 nitrogen and oxygen atoms in total. The Morgan fingerprint density at radius 2 is 2.00 bits per heavy atom. The highest BCUT2D eigenvalue weighted by Gasteiger charge is 2.30. The molecule has 0 aromatic heterocycles. The van der Waals surface area contributed by atoms with Crippen LogP contribution in [0.4, 0.5) is 0 Å². The van der Waals surface area contributed by atoms with Gasteiger partial charge in [0, 0.05) is 24.6 Å². The topological polar surface area (TPSA) is 58.3 Å². The maximum absolute atomic E-state index is 9.51. The molecule has 1 saturated carbocycles. The highest BCUT2D eigenvalue weighted by Crippen LogP contribution is 2.28. The van der Waals surface area contributed by atoms with Crippen LogP contribution in [0, 0.1) is 11.3 Å². The molecule has 3 heteroatoms.